The minimum atomic E-state index is 0.327. The smallest absolute Gasteiger partial charge is 0.199 e. The summed E-state index contributed by atoms with van der Waals surface area (Å²) in [5, 5.41) is 3.62. The summed E-state index contributed by atoms with van der Waals surface area (Å²) in [4.78, 5) is 9.90. The first-order chi connectivity index (χ1) is 13.3. The number of hydrogen-bond acceptors (Lipinski definition) is 5. The summed E-state index contributed by atoms with van der Waals surface area (Å²) in [5.74, 6) is 1.99. The maximum absolute atomic E-state index is 5.54. The monoisotopic (exact) mass is 362 g/mol. The molecule has 2 heterocycles. The third-order valence-corrected chi connectivity index (χ3v) is 5.98. The molecule has 1 fully saturated rings. The fourth-order valence-corrected chi connectivity index (χ4v) is 4.60. The normalized spacial score (nSPS) is 21.2. The number of piperazine rings is 1. The van der Waals surface area contributed by atoms with E-state index in [1.165, 1.54) is 35.3 Å². The van der Waals surface area contributed by atoms with E-state index in [0.29, 0.717) is 6.04 Å². The Kier molecular flexibility index (Phi) is 4.15. The molecule has 1 N–H and O–H groups in total. The van der Waals surface area contributed by atoms with Crippen LogP contribution in [0.4, 0.5) is 11.4 Å². The van der Waals surface area contributed by atoms with Gasteiger partial charge in [0, 0.05) is 37.4 Å². The largest absolute Gasteiger partial charge is 0.495 e. The van der Waals surface area contributed by atoms with Crippen molar-refractivity contribution >= 4 is 17.3 Å². The first kappa shape index (κ1) is 16.5. The summed E-state index contributed by atoms with van der Waals surface area (Å²) < 4.78 is 5.54. The van der Waals surface area contributed by atoms with E-state index in [4.69, 9.17) is 9.73 Å². The van der Waals surface area contributed by atoms with Crippen molar-refractivity contribution in [3.05, 3.63) is 53.6 Å². The zero-order valence-electron chi connectivity index (χ0n) is 15.8. The zero-order chi connectivity index (χ0) is 18.2. The first-order valence-corrected chi connectivity index (χ1v) is 9.93. The Morgan fingerprint density at radius 3 is 2.67 bits per heavy atom. The second kappa shape index (κ2) is 6.80. The first-order valence-electron chi connectivity index (χ1n) is 9.93. The third kappa shape index (κ3) is 2.91. The summed E-state index contributed by atoms with van der Waals surface area (Å²) in [5.41, 5.74) is 5.34. The van der Waals surface area contributed by atoms with Gasteiger partial charge in [-0.3, -0.25) is 0 Å². The van der Waals surface area contributed by atoms with Crippen molar-refractivity contribution in [1.82, 2.24) is 4.90 Å². The molecule has 0 bridgehead atoms. The van der Waals surface area contributed by atoms with Gasteiger partial charge in [0.15, 0.2) is 5.96 Å². The molecule has 140 valence electrons. The van der Waals surface area contributed by atoms with Crippen LogP contribution in [-0.4, -0.2) is 44.1 Å². The molecule has 1 aliphatic carbocycles. The molecule has 2 aromatic carbocycles. The highest BCUT2D eigenvalue weighted by Crippen LogP contribution is 2.40. The van der Waals surface area contributed by atoms with Gasteiger partial charge in [0.2, 0.25) is 0 Å². The minimum Gasteiger partial charge on any atom is -0.495 e. The highest BCUT2D eigenvalue weighted by molar-refractivity contribution is 5.96. The SMILES string of the molecule is COc1ccccc1N1CCN(C2=NC3CCCc4cccc(c43)N2)CC1. The number of benzene rings is 2. The van der Waals surface area contributed by atoms with Gasteiger partial charge in [-0.1, -0.05) is 24.3 Å². The fourth-order valence-electron chi connectivity index (χ4n) is 4.60. The number of rotatable bonds is 2. The zero-order valence-corrected chi connectivity index (χ0v) is 15.8. The number of guanidine groups is 1. The lowest BCUT2D eigenvalue weighted by molar-refractivity contribution is 0.372. The second-order valence-corrected chi connectivity index (χ2v) is 7.51. The predicted molar refractivity (Wildman–Crippen MR) is 110 cm³/mol. The molecule has 0 aromatic heterocycles. The summed E-state index contributed by atoms with van der Waals surface area (Å²) in [6.45, 7) is 3.87. The third-order valence-electron chi connectivity index (χ3n) is 5.98. The molecule has 0 spiro atoms. The van der Waals surface area contributed by atoms with Crippen LogP contribution in [0, 0.1) is 0 Å². The van der Waals surface area contributed by atoms with Crippen LogP contribution in [0.5, 0.6) is 5.75 Å². The van der Waals surface area contributed by atoms with Gasteiger partial charge in [-0.25, -0.2) is 4.99 Å². The van der Waals surface area contributed by atoms with E-state index in [1.807, 2.05) is 12.1 Å². The Bertz CT molecular complexity index is 870. The van der Waals surface area contributed by atoms with Crippen LogP contribution in [0.2, 0.25) is 0 Å². The summed E-state index contributed by atoms with van der Waals surface area (Å²) in [6.07, 6.45) is 3.58. The Hall–Kier alpha value is -2.69. The predicted octanol–water partition coefficient (Wildman–Crippen LogP) is 3.68. The molecule has 1 atom stereocenters. The lowest BCUT2D eigenvalue weighted by Crippen LogP contribution is -2.51. The van der Waals surface area contributed by atoms with Crippen LogP contribution < -0.4 is 15.0 Å². The molecule has 2 aromatic rings. The Balaban J connectivity index is 1.33. The summed E-state index contributed by atoms with van der Waals surface area (Å²) in [7, 11) is 1.74. The molecule has 2 aliphatic heterocycles. The fraction of sp³-hybridized carbons (Fsp3) is 0.409. The van der Waals surface area contributed by atoms with E-state index in [9.17, 15) is 0 Å². The highest BCUT2D eigenvalue weighted by atomic mass is 16.5. The Morgan fingerprint density at radius 1 is 1.00 bits per heavy atom. The van der Waals surface area contributed by atoms with Gasteiger partial charge in [0.1, 0.15) is 5.75 Å². The minimum absolute atomic E-state index is 0.327. The maximum Gasteiger partial charge on any atom is 0.199 e. The molecule has 0 saturated carbocycles. The van der Waals surface area contributed by atoms with Crippen molar-refractivity contribution in [3.8, 4) is 5.75 Å². The van der Waals surface area contributed by atoms with Crippen LogP contribution in [-0.2, 0) is 6.42 Å². The van der Waals surface area contributed by atoms with Crippen molar-refractivity contribution in [2.45, 2.75) is 25.3 Å². The molecule has 27 heavy (non-hydrogen) atoms. The Labute approximate surface area is 160 Å². The number of nitrogens with one attached hydrogen (secondary N) is 1. The molecule has 3 aliphatic rings. The number of hydrogen-bond donors (Lipinski definition) is 1. The molecule has 5 nitrogen and oxygen atoms in total. The van der Waals surface area contributed by atoms with Crippen molar-refractivity contribution in [3.63, 3.8) is 0 Å². The van der Waals surface area contributed by atoms with Crippen LogP contribution in [0.1, 0.15) is 30.0 Å². The molecule has 5 heteroatoms. The average molecular weight is 362 g/mol. The molecule has 5 rings (SSSR count). The molecule has 1 unspecified atom stereocenters. The standard InChI is InChI=1S/C22H26N4O/c1-27-20-11-3-2-10-19(20)25-12-14-26(15-13-25)22-23-17-8-4-6-16-7-5-9-18(24-22)21(16)17/h2-4,6,8,10-11,18H,5,7,9,12-15H2,1H3,(H,23,24). The van der Waals surface area contributed by atoms with Gasteiger partial charge in [-0.2, -0.15) is 0 Å². The van der Waals surface area contributed by atoms with Gasteiger partial charge in [0.25, 0.3) is 0 Å². The topological polar surface area (TPSA) is 40.1 Å². The van der Waals surface area contributed by atoms with E-state index in [-0.39, 0.29) is 0 Å². The molecule has 0 radical (unpaired) electrons. The average Bonchev–Trinajstić information content (AvgIpc) is 2.74. The quantitative estimate of drug-likeness (QED) is 0.885. The van der Waals surface area contributed by atoms with Gasteiger partial charge < -0.3 is 19.9 Å². The van der Waals surface area contributed by atoms with Gasteiger partial charge in [0.05, 0.1) is 18.8 Å². The van der Waals surface area contributed by atoms with Crippen LogP contribution in [0.3, 0.4) is 0 Å². The molecular weight excluding hydrogens is 336 g/mol. The van der Waals surface area contributed by atoms with Crippen LogP contribution in [0.25, 0.3) is 0 Å². The lowest BCUT2D eigenvalue weighted by atomic mass is 9.86. The van der Waals surface area contributed by atoms with E-state index >= 15 is 0 Å². The number of aliphatic imine (C=N–C) groups is 1. The van der Waals surface area contributed by atoms with Crippen LogP contribution in [0.15, 0.2) is 47.5 Å². The molecule has 0 amide bonds. The second-order valence-electron chi connectivity index (χ2n) is 7.51. The highest BCUT2D eigenvalue weighted by Gasteiger charge is 2.30. The van der Waals surface area contributed by atoms with Crippen molar-refractivity contribution in [2.24, 2.45) is 4.99 Å². The summed E-state index contributed by atoms with van der Waals surface area (Å²) >= 11 is 0. The summed E-state index contributed by atoms with van der Waals surface area (Å²) in [6, 6.07) is 15.2. The van der Waals surface area contributed by atoms with E-state index in [2.05, 4.69) is 45.4 Å². The van der Waals surface area contributed by atoms with E-state index in [1.54, 1.807) is 7.11 Å². The number of nitrogens with zero attached hydrogens (tertiary/aromatic N) is 3. The van der Waals surface area contributed by atoms with Gasteiger partial charge in [-0.05, 0) is 43.0 Å². The number of para-hydroxylation sites is 2. The number of aryl methyl sites for hydroxylation is 1. The van der Waals surface area contributed by atoms with Crippen molar-refractivity contribution in [2.75, 3.05) is 43.5 Å². The van der Waals surface area contributed by atoms with E-state index in [0.717, 1.165) is 44.3 Å². The Morgan fingerprint density at radius 2 is 1.81 bits per heavy atom. The lowest BCUT2D eigenvalue weighted by Gasteiger charge is -2.40. The van der Waals surface area contributed by atoms with E-state index < -0.39 is 0 Å². The van der Waals surface area contributed by atoms with Gasteiger partial charge in [-0.15, -0.1) is 0 Å². The molecule has 1 saturated heterocycles. The number of anilines is 2. The number of methoxy groups -OCH3 is 1. The number of ether oxygens (including phenoxy) is 1. The van der Waals surface area contributed by atoms with Crippen molar-refractivity contribution < 1.29 is 4.74 Å². The van der Waals surface area contributed by atoms with Gasteiger partial charge >= 0.3 is 0 Å². The molecular formula is C22H26N4O. The van der Waals surface area contributed by atoms with Crippen molar-refractivity contribution in [1.29, 1.82) is 0 Å². The maximum atomic E-state index is 5.54. The van der Waals surface area contributed by atoms with Crippen LogP contribution >= 0.6 is 0 Å².